The van der Waals surface area contributed by atoms with Gasteiger partial charge in [-0.3, -0.25) is 9.48 Å². The van der Waals surface area contributed by atoms with Gasteiger partial charge >= 0.3 is 0 Å². The third-order valence-corrected chi connectivity index (χ3v) is 5.49. The molecule has 0 aliphatic heterocycles. The van der Waals surface area contributed by atoms with Crippen molar-refractivity contribution < 1.29 is 9.53 Å². The van der Waals surface area contributed by atoms with Crippen LogP contribution >= 0.6 is 11.6 Å². The van der Waals surface area contributed by atoms with E-state index in [1.807, 2.05) is 60.8 Å². The summed E-state index contributed by atoms with van der Waals surface area (Å²) in [4.78, 5) is 12.7. The van der Waals surface area contributed by atoms with Crippen molar-refractivity contribution in [2.24, 2.45) is 0 Å². The number of anilines is 1. The van der Waals surface area contributed by atoms with Gasteiger partial charge in [0.15, 0.2) is 5.82 Å². The molecule has 4 rings (SSSR count). The van der Waals surface area contributed by atoms with Crippen LogP contribution in [-0.4, -0.2) is 15.7 Å². The molecule has 0 unspecified atom stereocenters. The number of hydrogen-bond acceptors (Lipinski definition) is 3. The molecule has 1 N–H and O–H groups in total. The zero-order valence-electron chi connectivity index (χ0n) is 18.7. The molecule has 5 nitrogen and oxygen atoms in total. The Labute approximate surface area is 199 Å². The molecule has 1 aromatic heterocycles. The monoisotopic (exact) mass is 459 g/mol. The molecular formula is C27H26ClN3O2. The van der Waals surface area contributed by atoms with Crippen LogP contribution in [0, 0.1) is 0 Å². The minimum absolute atomic E-state index is 0.217. The fraction of sp³-hybridized carbons (Fsp3) is 0.185. The Morgan fingerprint density at radius 3 is 2.52 bits per heavy atom. The molecule has 168 valence electrons. The Kier molecular flexibility index (Phi) is 7.10. The van der Waals surface area contributed by atoms with Crippen LogP contribution in [0.3, 0.4) is 0 Å². The molecule has 0 saturated heterocycles. The Bertz CT molecular complexity index is 1230. The summed E-state index contributed by atoms with van der Waals surface area (Å²) >= 11 is 6.04. The lowest BCUT2D eigenvalue weighted by Crippen LogP contribution is -2.13. The summed E-state index contributed by atoms with van der Waals surface area (Å²) in [6.07, 6.45) is 1.82. The van der Waals surface area contributed by atoms with Crippen LogP contribution in [0.25, 0.3) is 0 Å². The molecule has 0 radical (unpaired) electrons. The van der Waals surface area contributed by atoms with Crippen LogP contribution in [-0.2, 0) is 13.2 Å². The van der Waals surface area contributed by atoms with Gasteiger partial charge in [0.25, 0.3) is 5.91 Å². The molecule has 33 heavy (non-hydrogen) atoms. The van der Waals surface area contributed by atoms with Gasteiger partial charge in [-0.2, -0.15) is 5.10 Å². The van der Waals surface area contributed by atoms with Gasteiger partial charge in [-0.15, -0.1) is 0 Å². The Morgan fingerprint density at radius 2 is 1.76 bits per heavy atom. The number of carbonyl (C=O) groups excluding carboxylic acids is 1. The van der Waals surface area contributed by atoms with E-state index in [1.54, 1.807) is 16.8 Å². The topological polar surface area (TPSA) is 56.1 Å². The number of rotatable bonds is 8. The standard InChI is InChI=1S/C27H26ClN3O2/c1-19(2)22-9-11-25(12-10-22)33-18-21-6-3-7-23(15-21)27(32)29-26-13-14-31(30-26)17-20-5-4-8-24(28)16-20/h3-16,19H,17-18H2,1-2H3,(H,29,30,32). The van der Waals surface area contributed by atoms with Crippen molar-refractivity contribution in [3.63, 3.8) is 0 Å². The fourth-order valence-corrected chi connectivity index (χ4v) is 3.66. The average Bonchev–Trinajstić information content (AvgIpc) is 3.24. The lowest BCUT2D eigenvalue weighted by atomic mass is 10.0. The SMILES string of the molecule is CC(C)c1ccc(OCc2cccc(C(=O)Nc3ccn(Cc4cccc(Cl)c4)n3)c2)cc1. The summed E-state index contributed by atoms with van der Waals surface area (Å²) in [5.74, 6) is 1.57. The highest BCUT2D eigenvalue weighted by molar-refractivity contribution is 6.30. The van der Waals surface area contributed by atoms with Crippen molar-refractivity contribution >= 4 is 23.3 Å². The predicted octanol–water partition coefficient (Wildman–Crippen LogP) is 6.54. The summed E-state index contributed by atoms with van der Waals surface area (Å²) < 4.78 is 7.65. The molecule has 0 saturated carbocycles. The number of amides is 1. The molecule has 0 aliphatic rings. The highest BCUT2D eigenvalue weighted by atomic mass is 35.5. The Balaban J connectivity index is 1.35. The van der Waals surface area contributed by atoms with E-state index in [0.29, 0.717) is 35.5 Å². The van der Waals surface area contributed by atoms with Crippen LogP contribution in [0.2, 0.25) is 5.02 Å². The van der Waals surface area contributed by atoms with Gasteiger partial charge in [0.05, 0.1) is 6.54 Å². The lowest BCUT2D eigenvalue weighted by Gasteiger charge is -2.10. The summed E-state index contributed by atoms with van der Waals surface area (Å²) in [5, 5.41) is 7.98. The van der Waals surface area contributed by atoms with Crippen LogP contribution in [0.4, 0.5) is 5.82 Å². The zero-order chi connectivity index (χ0) is 23.2. The number of nitrogens with zero attached hydrogens (tertiary/aromatic N) is 2. The Morgan fingerprint density at radius 1 is 1.00 bits per heavy atom. The maximum atomic E-state index is 12.7. The number of aromatic nitrogens is 2. The smallest absolute Gasteiger partial charge is 0.256 e. The predicted molar refractivity (Wildman–Crippen MR) is 132 cm³/mol. The number of hydrogen-bond donors (Lipinski definition) is 1. The van der Waals surface area contributed by atoms with Gasteiger partial charge in [-0.25, -0.2) is 0 Å². The van der Waals surface area contributed by atoms with Crippen molar-refractivity contribution in [3.05, 3.63) is 112 Å². The first kappa shape index (κ1) is 22.6. The molecule has 0 atom stereocenters. The number of benzene rings is 3. The highest BCUT2D eigenvalue weighted by Crippen LogP contribution is 2.20. The van der Waals surface area contributed by atoms with Crippen molar-refractivity contribution in [2.75, 3.05) is 5.32 Å². The van der Waals surface area contributed by atoms with Gasteiger partial charge in [0, 0.05) is 22.8 Å². The van der Waals surface area contributed by atoms with E-state index < -0.39 is 0 Å². The van der Waals surface area contributed by atoms with E-state index in [1.165, 1.54) is 5.56 Å². The molecule has 0 aliphatic carbocycles. The van der Waals surface area contributed by atoms with Gasteiger partial charge in [-0.05, 0) is 59.0 Å². The molecule has 6 heteroatoms. The van der Waals surface area contributed by atoms with Crippen LogP contribution in [0.5, 0.6) is 5.75 Å². The molecule has 1 amide bonds. The fourth-order valence-electron chi connectivity index (χ4n) is 3.45. The van der Waals surface area contributed by atoms with Crippen molar-refractivity contribution in [1.29, 1.82) is 0 Å². The quantitative estimate of drug-likeness (QED) is 0.325. The third-order valence-electron chi connectivity index (χ3n) is 5.26. The van der Waals surface area contributed by atoms with Crippen molar-refractivity contribution in [1.82, 2.24) is 9.78 Å². The largest absolute Gasteiger partial charge is 0.489 e. The molecule has 4 aromatic rings. The molecular weight excluding hydrogens is 434 g/mol. The zero-order valence-corrected chi connectivity index (χ0v) is 19.4. The van der Waals surface area contributed by atoms with E-state index in [4.69, 9.17) is 16.3 Å². The summed E-state index contributed by atoms with van der Waals surface area (Å²) in [6, 6.07) is 24.9. The van der Waals surface area contributed by atoms with E-state index >= 15 is 0 Å². The van der Waals surface area contributed by atoms with E-state index in [-0.39, 0.29) is 5.91 Å². The first-order chi connectivity index (χ1) is 16.0. The second-order valence-electron chi connectivity index (χ2n) is 8.20. The Hall–Kier alpha value is -3.57. The van der Waals surface area contributed by atoms with E-state index in [0.717, 1.165) is 16.9 Å². The third kappa shape index (κ3) is 6.24. The number of ether oxygens (including phenoxy) is 1. The minimum atomic E-state index is -0.217. The number of carbonyl (C=O) groups is 1. The summed E-state index contributed by atoms with van der Waals surface area (Å²) in [5.41, 5.74) is 3.78. The van der Waals surface area contributed by atoms with Crippen LogP contribution in [0.15, 0.2) is 85.1 Å². The maximum absolute atomic E-state index is 12.7. The van der Waals surface area contributed by atoms with E-state index in [9.17, 15) is 4.79 Å². The van der Waals surface area contributed by atoms with Gasteiger partial charge < -0.3 is 10.1 Å². The minimum Gasteiger partial charge on any atom is -0.489 e. The first-order valence-corrected chi connectivity index (χ1v) is 11.2. The van der Waals surface area contributed by atoms with Gasteiger partial charge in [0.1, 0.15) is 12.4 Å². The second kappa shape index (κ2) is 10.4. The normalized spacial score (nSPS) is 10.9. The summed E-state index contributed by atoms with van der Waals surface area (Å²) in [7, 11) is 0. The van der Waals surface area contributed by atoms with E-state index in [2.05, 4.69) is 36.4 Å². The summed E-state index contributed by atoms with van der Waals surface area (Å²) in [6.45, 7) is 5.28. The number of nitrogens with one attached hydrogen (secondary N) is 1. The maximum Gasteiger partial charge on any atom is 0.256 e. The van der Waals surface area contributed by atoms with Crippen molar-refractivity contribution in [3.8, 4) is 5.75 Å². The van der Waals surface area contributed by atoms with Gasteiger partial charge in [0.2, 0.25) is 0 Å². The molecule has 1 heterocycles. The van der Waals surface area contributed by atoms with Gasteiger partial charge in [-0.1, -0.05) is 61.8 Å². The first-order valence-electron chi connectivity index (χ1n) is 10.9. The molecule has 0 bridgehead atoms. The number of halogens is 1. The lowest BCUT2D eigenvalue weighted by molar-refractivity contribution is 0.102. The van der Waals surface area contributed by atoms with Crippen LogP contribution < -0.4 is 10.1 Å². The molecule has 0 fully saturated rings. The van der Waals surface area contributed by atoms with Crippen molar-refractivity contribution in [2.45, 2.75) is 32.9 Å². The average molecular weight is 460 g/mol. The molecule has 3 aromatic carbocycles. The second-order valence-corrected chi connectivity index (χ2v) is 8.63. The highest BCUT2D eigenvalue weighted by Gasteiger charge is 2.10. The van der Waals surface area contributed by atoms with Crippen LogP contribution in [0.1, 0.15) is 46.8 Å². The molecule has 0 spiro atoms.